The van der Waals surface area contributed by atoms with Crippen molar-refractivity contribution >= 4 is 34.3 Å². The topological polar surface area (TPSA) is 123 Å². The second-order valence-corrected chi connectivity index (χ2v) is 8.84. The van der Waals surface area contributed by atoms with E-state index in [2.05, 4.69) is 27.1 Å². The van der Waals surface area contributed by atoms with E-state index in [0.717, 1.165) is 24.7 Å². The lowest BCUT2D eigenvalue weighted by Gasteiger charge is -2.37. The summed E-state index contributed by atoms with van der Waals surface area (Å²) in [7, 11) is 0. The predicted octanol–water partition coefficient (Wildman–Crippen LogP) is 4.18. The molecule has 2 atom stereocenters. The van der Waals surface area contributed by atoms with Gasteiger partial charge < -0.3 is 26.1 Å². The first-order valence-corrected chi connectivity index (χ1v) is 11.2. The number of nitrogens with two attached hydrogens (primary N) is 2. The summed E-state index contributed by atoms with van der Waals surface area (Å²) in [5.74, 6) is -2.33. The van der Waals surface area contributed by atoms with Crippen LogP contribution in [-0.2, 0) is 0 Å². The molecule has 5 N–H and O–H groups in total. The van der Waals surface area contributed by atoms with Gasteiger partial charge in [0.2, 0.25) is 5.88 Å². The van der Waals surface area contributed by atoms with Crippen LogP contribution in [0, 0.1) is 17.6 Å². The fraction of sp³-hybridized carbons (Fsp3) is 0.240. The van der Waals surface area contributed by atoms with Gasteiger partial charge in [-0.25, -0.2) is 13.8 Å². The lowest BCUT2D eigenvalue weighted by molar-refractivity contribution is 0.102. The van der Waals surface area contributed by atoms with Gasteiger partial charge in [-0.2, -0.15) is 0 Å². The third-order valence-corrected chi connectivity index (χ3v) is 6.09. The molecule has 4 aromatic rings. The normalized spacial score (nSPS) is 18.1. The van der Waals surface area contributed by atoms with E-state index >= 15 is 0 Å². The van der Waals surface area contributed by atoms with Crippen LogP contribution >= 0.6 is 0 Å². The van der Waals surface area contributed by atoms with E-state index in [1.54, 1.807) is 12.4 Å². The van der Waals surface area contributed by atoms with Crippen LogP contribution in [-0.4, -0.2) is 35.0 Å². The number of hydrogen-bond acceptors (Lipinski definition) is 7. The molecule has 180 valence electrons. The lowest BCUT2D eigenvalue weighted by Crippen LogP contribution is -2.46. The number of carbonyl (C=O) groups excluding carboxylic acids is 1. The van der Waals surface area contributed by atoms with Crippen molar-refractivity contribution in [2.45, 2.75) is 19.4 Å². The maximum absolute atomic E-state index is 14.4. The van der Waals surface area contributed by atoms with E-state index in [4.69, 9.17) is 15.9 Å². The van der Waals surface area contributed by atoms with E-state index in [9.17, 15) is 13.6 Å². The van der Waals surface area contributed by atoms with Crippen LogP contribution in [0.5, 0.6) is 0 Å². The molecule has 0 saturated carbocycles. The smallest absolute Gasteiger partial charge is 0.263 e. The minimum Gasteiger partial charge on any atom is -0.438 e. The summed E-state index contributed by atoms with van der Waals surface area (Å²) in [5.41, 5.74) is 14.0. The summed E-state index contributed by atoms with van der Waals surface area (Å²) in [5, 5.41) is 2.85. The number of hydrogen-bond donors (Lipinski definition) is 3. The molecule has 0 unspecified atom stereocenters. The molecule has 5 rings (SSSR count). The number of amides is 1. The maximum atomic E-state index is 14.4. The molecule has 1 amide bonds. The zero-order valence-electron chi connectivity index (χ0n) is 19.0. The van der Waals surface area contributed by atoms with Crippen LogP contribution in [0.25, 0.3) is 22.4 Å². The van der Waals surface area contributed by atoms with Gasteiger partial charge in [-0.3, -0.25) is 9.78 Å². The highest BCUT2D eigenvalue weighted by Gasteiger charge is 2.26. The van der Waals surface area contributed by atoms with Gasteiger partial charge in [-0.15, -0.1) is 0 Å². The number of fused-ring (bicyclic) bond motifs is 1. The number of piperidine rings is 1. The number of nitrogen functional groups attached to an aromatic ring is 1. The van der Waals surface area contributed by atoms with Crippen LogP contribution < -0.4 is 21.7 Å². The summed E-state index contributed by atoms with van der Waals surface area (Å²) in [4.78, 5) is 24.0. The minimum atomic E-state index is -1.03. The number of furan rings is 1. The van der Waals surface area contributed by atoms with Crippen molar-refractivity contribution < 1.29 is 18.0 Å². The summed E-state index contributed by atoms with van der Waals surface area (Å²) in [6, 6.07) is 8.64. The third-order valence-electron chi connectivity index (χ3n) is 6.09. The second kappa shape index (κ2) is 8.95. The van der Waals surface area contributed by atoms with Crippen LogP contribution in [0.1, 0.15) is 23.7 Å². The molecule has 0 spiro atoms. The van der Waals surface area contributed by atoms with E-state index in [0.29, 0.717) is 18.2 Å². The first-order chi connectivity index (χ1) is 16.8. The molecular weight excluding hydrogens is 454 g/mol. The van der Waals surface area contributed by atoms with Crippen molar-refractivity contribution in [1.82, 2.24) is 9.97 Å². The van der Waals surface area contributed by atoms with Gasteiger partial charge in [0.05, 0.1) is 23.3 Å². The Morgan fingerprint density at radius 2 is 2.03 bits per heavy atom. The molecule has 35 heavy (non-hydrogen) atoms. The van der Waals surface area contributed by atoms with Crippen LogP contribution in [0.2, 0.25) is 0 Å². The maximum Gasteiger partial charge on any atom is 0.263 e. The summed E-state index contributed by atoms with van der Waals surface area (Å²) >= 11 is 0. The minimum absolute atomic E-state index is 0.00261. The number of anilines is 3. The average Bonchev–Trinajstić information content (AvgIpc) is 3.15. The second-order valence-electron chi connectivity index (χ2n) is 8.84. The Hall–Kier alpha value is -4.05. The zero-order valence-corrected chi connectivity index (χ0v) is 19.0. The third kappa shape index (κ3) is 4.28. The fourth-order valence-electron chi connectivity index (χ4n) is 4.61. The molecule has 1 aromatic carbocycles. The van der Waals surface area contributed by atoms with Gasteiger partial charge in [-0.05, 0) is 42.7 Å². The average molecular weight is 479 g/mol. The molecule has 10 heteroatoms. The number of pyridine rings is 2. The Morgan fingerprint density at radius 1 is 1.20 bits per heavy atom. The number of rotatable bonds is 4. The van der Waals surface area contributed by atoms with Crippen molar-refractivity contribution in [1.29, 1.82) is 0 Å². The number of nitrogens with zero attached hydrogens (tertiary/aromatic N) is 3. The predicted molar refractivity (Wildman–Crippen MR) is 130 cm³/mol. The highest BCUT2D eigenvalue weighted by Crippen LogP contribution is 2.33. The van der Waals surface area contributed by atoms with Crippen molar-refractivity contribution in [3.63, 3.8) is 0 Å². The molecule has 8 nitrogen and oxygen atoms in total. The van der Waals surface area contributed by atoms with Gasteiger partial charge >= 0.3 is 0 Å². The molecule has 1 aliphatic heterocycles. The number of carbonyl (C=O) groups is 1. The Labute approximate surface area is 199 Å². The van der Waals surface area contributed by atoms with E-state index in [1.807, 2.05) is 6.07 Å². The molecule has 1 aliphatic rings. The van der Waals surface area contributed by atoms with Crippen molar-refractivity contribution in [2.75, 3.05) is 29.0 Å². The summed E-state index contributed by atoms with van der Waals surface area (Å²) in [6.07, 6.45) is 4.14. The molecule has 1 saturated heterocycles. The molecule has 0 aliphatic carbocycles. The highest BCUT2D eigenvalue weighted by atomic mass is 19.2. The number of halogens is 2. The largest absolute Gasteiger partial charge is 0.438 e. The summed E-state index contributed by atoms with van der Waals surface area (Å²) in [6.45, 7) is 3.58. The van der Waals surface area contributed by atoms with Crippen LogP contribution in [0.15, 0.2) is 53.2 Å². The monoisotopic (exact) mass is 478 g/mol. The Bertz CT molecular complexity index is 1410. The zero-order chi connectivity index (χ0) is 24.7. The fourth-order valence-corrected chi connectivity index (χ4v) is 4.61. The molecule has 0 radical (unpaired) electrons. The lowest BCUT2D eigenvalue weighted by atomic mass is 9.96. The Kier molecular flexibility index (Phi) is 5.81. The first-order valence-electron chi connectivity index (χ1n) is 11.2. The highest BCUT2D eigenvalue weighted by molar-refractivity contribution is 6.15. The van der Waals surface area contributed by atoms with Gasteiger partial charge in [0.25, 0.3) is 5.91 Å². The Balaban J connectivity index is 1.51. The molecular formula is C25H24F2N6O2. The Morgan fingerprint density at radius 3 is 2.83 bits per heavy atom. The molecule has 1 fully saturated rings. The molecule has 4 heterocycles. The van der Waals surface area contributed by atoms with Gasteiger partial charge in [-0.1, -0.05) is 13.0 Å². The number of benzene rings is 1. The quantitative estimate of drug-likeness (QED) is 0.402. The van der Waals surface area contributed by atoms with Crippen LogP contribution in [0.3, 0.4) is 0 Å². The van der Waals surface area contributed by atoms with Crippen LogP contribution in [0.4, 0.5) is 26.0 Å². The summed E-state index contributed by atoms with van der Waals surface area (Å²) < 4.78 is 33.6. The van der Waals surface area contributed by atoms with E-state index in [1.165, 1.54) is 24.3 Å². The van der Waals surface area contributed by atoms with E-state index < -0.39 is 17.5 Å². The number of aromatic nitrogens is 2. The SMILES string of the molecule is C[C@H]1C[C@@H](N)CN(c2ccncc2NC(=O)c2c(N)oc3ccc(-c4cccc(F)c4F)nc23)C1. The van der Waals surface area contributed by atoms with Gasteiger partial charge in [0, 0.05) is 30.9 Å². The molecule has 3 aromatic heterocycles. The van der Waals surface area contributed by atoms with E-state index in [-0.39, 0.29) is 39.8 Å². The van der Waals surface area contributed by atoms with Gasteiger partial charge in [0.1, 0.15) is 11.1 Å². The van der Waals surface area contributed by atoms with Gasteiger partial charge in [0.15, 0.2) is 17.2 Å². The first kappa shape index (κ1) is 22.7. The van der Waals surface area contributed by atoms with Crippen molar-refractivity contribution in [3.05, 3.63) is 66.0 Å². The standard InChI is InChI=1S/C25H24F2N6O2/c1-13-9-14(28)12-33(11-13)19-7-8-30-10-18(19)32-25(34)21-23-20(35-24(21)29)6-5-17(31-23)15-3-2-4-16(26)22(15)27/h2-8,10,13-14H,9,11-12,28-29H2,1H3,(H,32,34)/t13-,14+/m0/s1. The number of nitrogens with one attached hydrogen (secondary N) is 1. The van der Waals surface area contributed by atoms with Crippen molar-refractivity contribution in [2.24, 2.45) is 11.7 Å². The molecule has 0 bridgehead atoms. The van der Waals surface area contributed by atoms with Crippen molar-refractivity contribution in [3.8, 4) is 11.3 Å².